The molecule has 0 amide bonds. The van der Waals surface area contributed by atoms with E-state index in [1.54, 1.807) is 36.2 Å². The fraction of sp³-hybridized carbons (Fsp3) is 0.222. The molecule has 1 aromatic carbocycles. The molecule has 1 aliphatic rings. The summed E-state index contributed by atoms with van der Waals surface area (Å²) in [7, 11) is 3.89. The van der Waals surface area contributed by atoms with E-state index < -0.39 is 0 Å². The first-order chi connectivity index (χ1) is 12.0. The highest BCUT2D eigenvalue weighted by atomic mass is 32.2. The first-order valence-electron chi connectivity index (χ1n) is 7.86. The number of rotatable bonds is 3. The fourth-order valence-electron chi connectivity index (χ4n) is 3.42. The number of nitrogens with zero attached hydrogens (tertiary/aromatic N) is 3. The van der Waals surface area contributed by atoms with Crippen molar-refractivity contribution in [2.75, 3.05) is 27.0 Å². The number of H-pyrrole nitrogens is 1. The van der Waals surface area contributed by atoms with Crippen LogP contribution in [0.5, 0.6) is 5.75 Å². The minimum Gasteiger partial charge on any atom is -0.508 e. The number of fused-ring (bicyclic) bond motifs is 3. The first-order valence-corrected chi connectivity index (χ1v) is 9.08. The summed E-state index contributed by atoms with van der Waals surface area (Å²) in [6, 6.07) is 6.99. The molecule has 3 aromatic rings. The van der Waals surface area contributed by atoms with Crippen LogP contribution in [-0.4, -0.2) is 57.7 Å². The number of thioether (sulfide) groups is 1. The van der Waals surface area contributed by atoms with Gasteiger partial charge in [-0.25, -0.2) is 0 Å². The maximum absolute atomic E-state index is 13.3. The number of aromatic amines is 1. The van der Waals surface area contributed by atoms with E-state index in [1.165, 1.54) is 0 Å². The maximum atomic E-state index is 13.3. The Labute approximate surface area is 149 Å². The number of Topliss-reactive ketones (excluding diaryl/α,β-unsaturated/α-hetero) is 1. The Morgan fingerprint density at radius 2 is 2.04 bits per heavy atom. The number of likely N-dealkylation sites (N-methyl/N-ethyl adjacent to an activating group) is 1. The number of pyridine rings is 1. The number of nitrogens with one attached hydrogen (secondary N) is 1. The van der Waals surface area contributed by atoms with E-state index in [4.69, 9.17) is 0 Å². The van der Waals surface area contributed by atoms with Crippen molar-refractivity contribution >= 4 is 39.4 Å². The van der Waals surface area contributed by atoms with Gasteiger partial charge >= 0.3 is 0 Å². The molecule has 1 aliphatic heterocycles. The molecular weight excluding hydrogens is 336 g/mol. The van der Waals surface area contributed by atoms with E-state index >= 15 is 0 Å². The van der Waals surface area contributed by atoms with E-state index in [2.05, 4.69) is 14.9 Å². The summed E-state index contributed by atoms with van der Waals surface area (Å²) in [6.45, 7) is 0.674. The van der Waals surface area contributed by atoms with Crippen LogP contribution in [-0.2, 0) is 0 Å². The molecule has 0 aliphatic carbocycles. The summed E-state index contributed by atoms with van der Waals surface area (Å²) >= 11 is 1.56. The summed E-state index contributed by atoms with van der Waals surface area (Å²) in [6.07, 6.45) is 3.61. The molecule has 3 heterocycles. The number of allylic oxidation sites excluding steroid dienone is 1. The van der Waals surface area contributed by atoms with Gasteiger partial charge in [0.25, 0.3) is 0 Å². The van der Waals surface area contributed by atoms with Gasteiger partial charge in [0.05, 0.1) is 17.2 Å². The van der Waals surface area contributed by atoms with Gasteiger partial charge in [0, 0.05) is 36.6 Å². The summed E-state index contributed by atoms with van der Waals surface area (Å²) < 4.78 is 0. The van der Waals surface area contributed by atoms with Gasteiger partial charge in [0.1, 0.15) is 17.1 Å². The molecule has 0 saturated carbocycles. The van der Waals surface area contributed by atoms with Gasteiger partial charge < -0.3 is 19.9 Å². The van der Waals surface area contributed by atoms with Crippen LogP contribution in [0, 0.1) is 0 Å². The van der Waals surface area contributed by atoms with Gasteiger partial charge in [-0.05, 0) is 30.5 Å². The Balaban J connectivity index is 1.94. The lowest BCUT2D eigenvalue weighted by atomic mass is 10.1. The number of benzene rings is 1. The fourth-order valence-corrected chi connectivity index (χ4v) is 4.23. The van der Waals surface area contributed by atoms with Crippen molar-refractivity contribution in [3.63, 3.8) is 0 Å². The standard InChI is InChI=1S/C18H18N4O2S/c1-21-9-22(2)18(25-3)16(21)17(24)15-14-11(6-7-19-15)12-8-10(23)4-5-13(12)20-14/h4-8,20,23H,9H2,1-3H3. The number of aromatic hydroxyl groups is 1. The van der Waals surface area contributed by atoms with Gasteiger partial charge in [0.15, 0.2) is 0 Å². The molecule has 0 fully saturated rings. The molecule has 0 atom stereocenters. The van der Waals surface area contributed by atoms with Crippen molar-refractivity contribution in [1.29, 1.82) is 0 Å². The first kappa shape index (κ1) is 15.8. The highest BCUT2D eigenvalue weighted by Gasteiger charge is 2.31. The third-order valence-electron chi connectivity index (χ3n) is 4.48. The van der Waals surface area contributed by atoms with Crippen molar-refractivity contribution in [2.24, 2.45) is 0 Å². The lowest BCUT2D eigenvalue weighted by Crippen LogP contribution is -2.24. The molecule has 128 valence electrons. The van der Waals surface area contributed by atoms with Crippen molar-refractivity contribution in [3.8, 4) is 5.75 Å². The summed E-state index contributed by atoms with van der Waals surface area (Å²) in [5, 5.41) is 12.5. The monoisotopic (exact) mass is 354 g/mol. The van der Waals surface area contributed by atoms with Crippen molar-refractivity contribution < 1.29 is 9.90 Å². The molecule has 25 heavy (non-hydrogen) atoms. The molecule has 0 spiro atoms. The third-order valence-corrected chi connectivity index (χ3v) is 5.37. The molecule has 7 heteroatoms. The number of carbonyl (C=O) groups is 1. The van der Waals surface area contributed by atoms with Gasteiger partial charge in [-0.1, -0.05) is 0 Å². The molecule has 0 bridgehead atoms. The Morgan fingerprint density at radius 3 is 2.80 bits per heavy atom. The number of aromatic nitrogens is 2. The van der Waals surface area contributed by atoms with Gasteiger partial charge in [0.2, 0.25) is 5.78 Å². The molecular formula is C18H18N4O2S. The van der Waals surface area contributed by atoms with E-state index in [1.807, 2.05) is 31.3 Å². The van der Waals surface area contributed by atoms with E-state index in [0.717, 1.165) is 21.3 Å². The Kier molecular flexibility index (Phi) is 3.61. The number of carbonyl (C=O) groups excluding carboxylic acids is 1. The summed E-state index contributed by atoms with van der Waals surface area (Å²) in [5.74, 6) is 0.0974. The van der Waals surface area contributed by atoms with Gasteiger partial charge in [-0.3, -0.25) is 9.78 Å². The Bertz CT molecular complexity index is 1040. The molecule has 4 rings (SSSR count). The van der Waals surface area contributed by atoms with Crippen LogP contribution in [0.1, 0.15) is 10.5 Å². The highest BCUT2D eigenvalue weighted by Crippen LogP contribution is 2.34. The number of phenols is 1. The SMILES string of the molecule is CSC1=C(C(=O)c2nccc3c2[nH]c2ccc(O)cc23)N(C)CN1C. The minimum absolute atomic E-state index is 0.0995. The van der Waals surface area contributed by atoms with Crippen molar-refractivity contribution in [2.45, 2.75) is 0 Å². The summed E-state index contributed by atoms with van der Waals surface area (Å²) in [5.41, 5.74) is 2.63. The van der Waals surface area contributed by atoms with E-state index in [0.29, 0.717) is 23.6 Å². The zero-order valence-corrected chi connectivity index (χ0v) is 15.0. The maximum Gasteiger partial charge on any atom is 0.232 e. The Hall–Kier alpha value is -2.67. The molecule has 0 radical (unpaired) electrons. The van der Waals surface area contributed by atoms with Crippen molar-refractivity contribution in [3.05, 3.63) is 46.9 Å². The zero-order valence-electron chi connectivity index (χ0n) is 14.2. The average Bonchev–Trinajstić information content (AvgIpc) is 3.10. The third kappa shape index (κ3) is 2.34. The topological polar surface area (TPSA) is 72.5 Å². The predicted octanol–water partition coefficient (Wildman–Crippen LogP) is 2.97. The molecule has 2 aromatic heterocycles. The van der Waals surface area contributed by atoms with Crippen LogP contribution in [0.4, 0.5) is 0 Å². The second-order valence-corrected chi connectivity index (χ2v) is 6.96. The normalized spacial score (nSPS) is 15.0. The van der Waals surface area contributed by atoms with Gasteiger partial charge in [-0.2, -0.15) is 0 Å². The zero-order chi connectivity index (χ0) is 17.7. The van der Waals surface area contributed by atoms with Crippen LogP contribution in [0.25, 0.3) is 21.8 Å². The van der Waals surface area contributed by atoms with E-state index in [-0.39, 0.29) is 11.5 Å². The molecule has 6 nitrogen and oxygen atoms in total. The van der Waals surface area contributed by atoms with Crippen LogP contribution in [0.15, 0.2) is 41.2 Å². The second-order valence-electron chi connectivity index (χ2n) is 6.16. The summed E-state index contributed by atoms with van der Waals surface area (Å²) in [4.78, 5) is 24.9. The Morgan fingerprint density at radius 1 is 1.24 bits per heavy atom. The number of phenolic OH excluding ortho intramolecular Hbond substituents is 1. The molecule has 0 unspecified atom stereocenters. The average molecular weight is 354 g/mol. The van der Waals surface area contributed by atoms with Crippen LogP contribution in [0.3, 0.4) is 0 Å². The van der Waals surface area contributed by atoms with Gasteiger partial charge in [-0.15, -0.1) is 11.8 Å². The van der Waals surface area contributed by atoms with Crippen LogP contribution < -0.4 is 0 Å². The molecule has 2 N–H and O–H groups in total. The van der Waals surface area contributed by atoms with E-state index in [9.17, 15) is 9.90 Å². The smallest absolute Gasteiger partial charge is 0.232 e. The number of ketones is 1. The van der Waals surface area contributed by atoms with Crippen LogP contribution in [0.2, 0.25) is 0 Å². The van der Waals surface area contributed by atoms with Crippen molar-refractivity contribution in [1.82, 2.24) is 19.8 Å². The number of hydrogen-bond donors (Lipinski definition) is 2. The number of hydrogen-bond acceptors (Lipinski definition) is 6. The largest absolute Gasteiger partial charge is 0.508 e. The lowest BCUT2D eigenvalue weighted by Gasteiger charge is -2.15. The quantitative estimate of drug-likeness (QED) is 0.705. The second kappa shape index (κ2) is 5.70. The predicted molar refractivity (Wildman–Crippen MR) is 101 cm³/mol. The molecule has 0 saturated heterocycles. The van der Waals surface area contributed by atoms with Crippen LogP contribution >= 0.6 is 11.8 Å². The lowest BCUT2D eigenvalue weighted by molar-refractivity contribution is 0.0998. The minimum atomic E-state index is -0.0995. The highest BCUT2D eigenvalue weighted by molar-refractivity contribution is 8.02.